The van der Waals surface area contributed by atoms with Crippen LogP contribution in [0.1, 0.15) is 42.4 Å². The number of likely N-dealkylation sites (tertiary alicyclic amines) is 2. The first-order chi connectivity index (χ1) is 20.1. The minimum atomic E-state index is 0.274. The molecule has 0 saturated carbocycles. The van der Waals surface area contributed by atoms with Gasteiger partial charge in [-0.3, -0.25) is 9.80 Å². The molecule has 1 N–H and O–H groups in total. The van der Waals surface area contributed by atoms with Gasteiger partial charge in [-0.1, -0.05) is 12.1 Å². The summed E-state index contributed by atoms with van der Waals surface area (Å²) in [5.41, 5.74) is 5.53. The van der Waals surface area contributed by atoms with Crippen LogP contribution >= 0.6 is 11.3 Å². The van der Waals surface area contributed by atoms with Gasteiger partial charge in [0.2, 0.25) is 0 Å². The Morgan fingerprint density at radius 1 is 0.854 bits per heavy atom. The van der Waals surface area contributed by atoms with Gasteiger partial charge in [-0.15, -0.1) is 11.3 Å². The molecule has 0 bridgehead atoms. The Labute approximate surface area is 247 Å². The van der Waals surface area contributed by atoms with Gasteiger partial charge >= 0.3 is 0 Å². The lowest BCUT2D eigenvalue weighted by Gasteiger charge is -2.20. The zero-order chi connectivity index (χ0) is 28.2. The number of hydrogen-bond acceptors (Lipinski definition) is 7. The third-order valence-corrected chi connectivity index (χ3v) is 9.38. The quantitative estimate of drug-likeness (QED) is 0.210. The second kappa shape index (κ2) is 12.7. The fourth-order valence-corrected chi connectivity index (χ4v) is 7.33. The van der Waals surface area contributed by atoms with E-state index in [2.05, 4.69) is 39.4 Å². The standard InChI is InChI=1S/C34H40N2O4S/c1-38-31-17-24(18-32(39-2)30(31)22-36-12-5-6-13-36)16-26-23-41-33-21-27(37)20-29(34(26)33)25-8-7-9-28(19-25)40-15-14-35-10-3-4-11-35/h7-9,17-21,23,37H,3-6,10-16,22H2,1-2H3. The lowest BCUT2D eigenvalue weighted by Crippen LogP contribution is -2.25. The minimum Gasteiger partial charge on any atom is -0.508 e. The van der Waals surface area contributed by atoms with Crippen LogP contribution in [0.25, 0.3) is 21.2 Å². The zero-order valence-corrected chi connectivity index (χ0v) is 25.0. The molecule has 0 aliphatic carbocycles. The summed E-state index contributed by atoms with van der Waals surface area (Å²) in [5.74, 6) is 2.89. The number of fused-ring (bicyclic) bond motifs is 1. The number of phenols is 1. The van der Waals surface area contributed by atoms with Gasteiger partial charge in [0.25, 0.3) is 0 Å². The molecule has 41 heavy (non-hydrogen) atoms. The minimum absolute atomic E-state index is 0.274. The predicted octanol–water partition coefficient (Wildman–Crippen LogP) is 6.95. The Morgan fingerprint density at radius 2 is 1.56 bits per heavy atom. The summed E-state index contributed by atoms with van der Waals surface area (Å²) in [6, 6.07) is 16.3. The molecule has 3 heterocycles. The highest BCUT2D eigenvalue weighted by Gasteiger charge is 2.20. The Bertz CT molecular complexity index is 1460. The fourth-order valence-electron chi connectivity index (χ4n) is 6.31. The van der Waals surface area contributed by atoms with E-state index < -0.39 is 0 Å². The van der Waals surface area contributed by atoms with Crippen molar-refractivity contribution in [3.63, 3.8) is 0 Å². The SMILES string of the molecule is COc1cc(Cc2csc3cc(O)cc(-c4cccc(OCCN5CCCC5)c4)c23)cc(OC)c1CN1CCCC1. The maximum Gasteiger partial charge on any atom is 0.127 e. The average molecular weight is 573 g/mol. The van der Waals surface area contributed by atoms with Crippen molar-refractivity contribution in [2.45, 2.75) is 38.6 Å². The summed E-state index contributed by atoms with van der Waals surface area (Å²) in [6.45, 7) is 7.06. The molecule has 0 unspecified atom stereocenters. The van der Waals surface area contributed by atoms with Gasteiger partial charge in [-0.05, 0) is 122 Å². The summed E-state index contributed by atoms with van der Waals surface area (Å²) in [5, 5.41) is 14.0. The highest BCUT2D eigenvalue weighted by Crippen LogP contribution is 2.41. The van der Waals surface area contributed by atoms with Crippen LogP contribution in [0.2, 0.25) is 0 Å². The molecular weight excluding hydrogens is 532 g/mol. The number of hydrogen-bond donors (Lipinski definition) is 1. The van der Waals surface area contributed by atoms with E-state index in [9.17, 15) is 5.11 Å². The van der Waals surface area contributed by atoms with Crippen LogP contribution in [0.4, 0.5) is 0 Å². The maximum absolute atomic E-state index is 10.6. The highest BCUT2D eigenvalue weighted by atomic mass is 32.1. The topological polar surface area (TPSA) is 54.4 Å². The van der Waals surface area contributed by atoms with Crippen LogP contribution in [-0.4, -0.2) is 68.5 Å². The largest absolute Gasteiger partial charge is 0.508 e. The monoisotopic (exact) mass is 572 g/mol. The first-order valence-electron chi connectivity index (χ1n) is 14.8. The molecule has 1 aromatic heterocycles. The van der Waals surface area contributed by atoms with Crippen molar-refractivity contribution < 1.29 is 19.3 Å². The van der Waals surface area contributed by atoms with Crippen LogP contribution in [-0.2, 0) is 13.0 Å². The summed E-state index contributed by atoms with van der Waals surface area (Å²) in [7, 11) is 3.49. The predicted molar refractivity (Wildman–Crippen MR) is 167 cm³/mol. The molecule has 0 amide bonds. The van der Waals surface area contributed by atoms with Crippen molar-refractivity contribution >= 4 is 21.4 Å². The lowest BCUT2D eigenvalue weighted by molar-refractivity contribution is 0.238. The summed E-state index contributed by atoms with van der Waals surface area (Å²) in [6.07, 6.45) is 5.81. The Kier molecular flexibility index (Phi) is 8.65. The molecule has 3 aromatic carbocycles. The molecule has 6 rings (SSSR count). The maximum atomic E-state index is 10.6. The molecule has 7 heteroatoms. The molecule has 6 nitrogen and oxygen atoms in total. The average Bonchev–Trinajstić information content (AvgIpc) is 3.77. The van der Waals surface area contributed by atoms with Gasteiger partial charge in [0.05, 0.1) is 19.8 Å². The second-order valence-electron chi connectivity index (χ2n) is 11.2. The Morgan fingerprint density at radius 3 is 2.27 bits per heavy atom. The third-order valence-electron chi connectivity index (χ3n) is 8.40. The Hall–Kier alpha value is -3.26. The van der Waals surface area contributed by atoms with Crippen molar-refractivity contribution in [2.75, 3.05) is 53.6 Å². The van der Waals surface area contributed by atoms with Gasteiger partial charge in [0.1, 0.15) is 29.6 Å². The Balaban J connectivity index is 1.29. The van der Waals surface area contributed by atoms with Gasteiger partial charge in [0, 0.05) is 23.2 Å². The van der Waals surface area contributed by atoms with Gasteiger partial charge in [-0.25, -0.2) is 0 Å². The van der Waals surface area contributed by atoms with E-state index in [1.807, 2.05) is 24.3 Å². The zero-order valence-electron chi connectivity index (χ0n) is 24.2. The number of rotatable bonds is 11. The molecule has 0 spiro atoms. The molecule has 216 valence electrons. The van der Waals surface area contributed by atoms with Crippen LogP contribution in [0, 0.1) is 0 Å². The van der Waals surface area contributed by atoms with Crippen molar-refractivity contribution in [3.05, 3.63) is 70.6 Å². The van der Waals surface area contributed by atoms with E-state index >= 15 is 0 Å². The smallest absolute Gasteiger partial charge is 0.127 e. The first-order valence-corrected chi connectivity index (χ1v) is 15.6. The molecule has 2 fully saturated rings. The van der Waals surface area contributed by atoms with Crippen molar-refractivity contribution in [1.29, 1.82) is 0 Å². The normalized spacial score (nSPS) is 16.0. The number of phenolic OH excluding ortho intramolecular Hbond substituents is 1. The second-order valence-corrected chi connectivity index (χ2v) is 12.1. The molecule has 0 atom stereocenters. The fraction of sp³-hybridized carbons (Fsp3) is 0.412. The number of nitrogens with zero attached hydrogens (tertiary/aromatic N) is 2. The van der Waals surface area contributed by atoms with E-state index in [-0.39, 0.29) is 5.75 Å². The van der Waals surface area contributed by atoms with E-state index in [1.165, 1.54) is 49.7 Å². The van der Waals surface area contributed by atoms with Crippen molar-refractivity contribution in [2.24, 2.45) is 0 Å². The van der Waals surface area contributed by atoms with Crippen molar-refractivity contribution in [1.82, 2.24) is 9.80 Å². The summed E-state index contributed by atoms with van der Waals surface area (Å²) < 4.78 is 19.0. The highest BCUT2D eigenvalue weighted by molar-refractivity contribution is 7.17. The van der Waals surface area contributed by atoms with E-state index in [4.69, 9.17) is 14.2 Å². The summed E-state index contributed by atoms with van der Waals surface area (Å²) in [4.78, 5) is 4.93. The number of aromatic hydroxyl groups is 1. The molecule has 0 radical (unpaired) electrons. The molecule has 2 saturated heterocycles. The van der Waals surface area contributed by atoms with Gasteiger partial charge in [-0.2, -0.15) is 0 Å². The third kappa shape index (κ3) is 6.32. The summed E-state index contributed by atoms with van der Waals surface area (Å²) >= 11 is 1.67. The molecule has 4 aromatic rings. The van der Waals surface area contributed by atoms with E-state index in [1.54, 1.807) is 25.6 Å². The van der Waals surface area contributed by atoms with Crippen LogP contribution in [0.15, 0.2) is 53.9 Å². The number of methoxy groups -OCH3 is 2. The lowest BCUT2D eigenvalue weighted by atomic mass is 9.95. The number of thiophene rings is 1. The van der Waals surface area contributed by atoms with Crippen LogP contribution < -0.4 is 14.2 Å². The molecule has 2 aliphatic heterocycles. The van der Waals surface area contributed by atoms with E-state index in [0.717, 1.165) is 76.8 Å². The first kappa shape index (κ1) is 27.9. The number of benzene rings is 3. The van der Waals surface area contributed by atoms with Gasteiger partial charge in [0.15, 0.2) is 0 Å². The van der Waals surface area contributed by atoms with Gasteiger partial charge < -0.3 is 19.3 Å². The van der Waals surface area contributed by atoms with Crippen molar-refractivity contribution in [3.8, 4) is 34.1 Å². The molecular formula is C34H40N2O4S. The molecule has 2 aliphatic rings. The van der Waals surface area contributed by atoms with E-state index in [0.29, 0.717) is 6.61 Å². The number of ether oxygens (including phenoxy) is 3. The van der Waals surface area contributed by atoms with Crippen LogP contribution in [0.3, 0.4) is 0 Å². The van der Waals surface area contributed by atoms with Crippen LogP contribution in [0.5, 0.6) is 23.0 Å².